The first-order chi connectivity index (χ1) is 13.1. The van der Waals surface area contributed by atoms with Crippen LogP contribution in [-0.2, 0) is 10.2 Å². The smallest absolute Gasteiger partial charge is 0.293 e. The Kier molecular flexibility index (Phi) is 5.44. The maximum atomic E-state index is 12.1. The fraction of sp³-hybridized carbons (Fsp3) is 0.125. The van der Waals surface area contributed by atoms with Gasteiger partial charge in [0.1, 0.15) is 15.7 Å². The van der Waals surface area contributed by atoms with Crippen LogP contribution in [0.5, 0.6) is 11.5 Å². The third-order valence-electron chi connectivity index (χ3n) is 3.75. The van der Waals surface area contributed by atoms with Gasteiger partial charge < -0.3 is 15.6 Å². The van der Waals surface area contributed by atoms with Crippen molar-refractivity contribution < 1.29 is 19.4 Å². The van der Waals surface area contributed by atoms with E-state index in [2.05, 4.69) is 25.9 Å². The second kappa shape index (κ2) is 7.51. The summed E-state index contributed by atoms with van der Waals surface area (Å²) >= 11 is 4.10. The first kappa shape index (κ1) is 20.3. The quantitative estimate of drug-likeness (QED) is 0.527. The van der Waals surface area contributed by atoms with Crippen molar-refractivity contribution in [3.8, 4) is 11.5 Å². The molecule has 2 aromatic rings. The number of halogens is 1. The number of phenols is 1. The number of nitrogens with two attached hydrogens (primary N) is 1. The summed E-state index contributed by atoms with van der Waals surface area (Å²) in [4.78, 5) is 32.6. The van der Waals surface area contributed by atoms with Gasteiger partial charge >= 0.3 is 0 Å². The number of aromatic hydroxyl groups is 1. The molecule has 3 rings (SSSR count). The predicted molar refractivity (Wildman–Crippen MR) is 110 cm³/mol. The van der Waals surface area contributed by atoms with Crippen LogP contribution in [-0.4, -0.2) is 53.9 Å². The summed E-state index contributed by atoms with van der Waals surface area (Å²) in [6, 6.07) is 2.78. The molecule has 0 aliphatic carbocycles. The summed E-state index contributed by atoms with van der Waals surface area (Å²) in [5, 5.41) is 7.95. The van der Waals surface area contributed by atoms with Crippen LogP contribution in [0.2, 0.25) is 0 Å². The van der Waals surface area contributed by atoms with Gasteiger partial charge in [-0.3, -0.25) is 14.5 Å². The monoisotopic (exact) mass is 456 g/mol. The first-order valence-corrected chi connectivity index (χ1v) is 9.28. The zero-order chi connectivity index (χ0) is 20.6. The van der Waals surface area contributed by atoms with E-state index in [9.17, 15) is 14.7 Å². The molecule has 0 bridgehead atoms. The van der Waals surface area contributed by atoms with E-state index in [1.165, 1.54) is 37.7 Å². The fourth-order valence-electron chi connectivity index (χ4n) is 2.22. The summed E-state index contributed by atoms with van der Waals surface area (Å²) in [7, 11) is 13.4. The molecule has 1 fully saturated rings. The number of hydrogen-bond acceptors (Lipinski definition) is 8. The number of nitrogens with zero attached hydrogens (tertiary/aromatic N) is 3. The lowest BCUT2D eigenvalue weighted by atomic mass is 9.61. The van der Waals surface area contributed by atoms with Gasteiger partial charge in [0, 0.05) is 29.5 Å². The number of phenolic OH excluding ortho intramolecular Hbond substituents is 1. The summed E-state index contributed by atoms with van der Waals surface area (Å²) in [6.45, 7) is 0. The lowest BCUT2D eigenvalue weighted by Gasteiger charge is -2.28. The minimum absolute atomic E-state index is 0.0400. The normalized spacial score (nSPS) is 16.1. The van der Waals surface area contributed by atoms with E-state index < -0.39 is 11.3 Å². The van der Waals surface area contributed by atoms with Gasteiger partial charge in [0.25, 0.3) is 11.1 Å². The molecule has 28 heavy (non-hydrogen) atoms. The van der Waals surface area contributed by atoms with Crippen molar-refractivity contribution >= 4 is 66.6 Å². The molecule has 12 heteroatoms. The first-order valence-electron chi connectivity index (χ1n) is 7.67. The van der Waals surface area contributed by atoms with Crippen LogP contribution >= 0.6 is 27.7 Å². The average Bonchev–Trinajstić information content (AvgIpc) is 2.86. The lowest BCUT2D eigenvalue weighted by molar-refractivity contribution is -0.121. The Morgan fingerprint density at radius 1 is 1.32 bits per heavy atom. The molecule has 2 amide bonds. The molecule has 1 aromatic heterocycles. The number of amides is 2. The Bertz CT molecular complexity index is 1000. The SMILES string of the molecule is [B]C([B])(Oc1cc(/C=C2\SC(=O)N(C)C2=O)c(Br)cc1O)c1cnc(N)nc1. The average molecular weight is 457 g/mol. The Morgan fingerprint density at radius 3 is 2.54 bits per heavy atom. The highest BCUT2D eigenvalue weighted by atomic mass is 79.9. The number of carbonyl (C=O) groups is 2. The highest BCUT2D eigenvalue weighted by Gasteiger charge is 2.32. The Labute approximate surface area is 175 Å². The van der Waals surface area contributed by atoms with Crippen LogP contribution in [0.4, 0.5) is 10.7 Å². The fourth-order valence-corrected chi connectivity index (χ4v) is 3.48. The van der Waals surface area contributed by atoms with Crippen molar-refractivity contribution in [2.45, 2.75) is 5.40 Å². The highest BCUT2D eigenvalue weighted by molar-refractivity contribution is 9.10. The number of likely N-dealkylation sites (N-methyl/N-ethyl adjacent to an activating group) is 1. The summed E-state index contributed by atoms with van der Waals surface area (Å²) < 4.78 is 6.02. The van der Waals surface area contributed by atoms with Crippen LogP contribution in [0, 0.1) is 0 Å². The minimum Gasteiger partial charge on any atom is -0.504 e. The number of aromatic nitrogens is 2. The van der Waals surface area contributed by atoms with Crippen molar-refractivity contribution in [1.82, 2.24) is 14.9 Å². The third kappa shape index (κ3) is 4.02. The van der Waals surface area contributed by atoms with Crippen molar-refractivity contribution in [3.05, 3.63) is 45.0 Å². The van der Waals surface area contributed by atoms with Crippen LogP contribution in [0.1, 0.15) is 11.1 Å². The molecule has 0 atom stereocenters. The third-order valence-corrected chi connectivity index (χ3v) is 5.40. The van der Waals surface area contributed by atoms with Crippen molar-refractivity contribution in [2.75, 3.05) is 12.8 Å². The van der Waals surface area contributed by atoms with E-state index in [0.29, 0.717) is 10.0 Å². The maximum Gasteiger partial charge on any atom is 0.293 e. The van der Waals surface area contributed by atoms with E-state index in [0.717, 1.165) is 16.7 Å². The van der Waals surface area contributed by atoms with Gasteiger partial charge in [-0.25, -0.2) is 9.97 Å². The summed E-state index contributed by atoms with van der Waals surface area (Å²) in [6.07, 6.45) is 4.10. The lowest BCUT2D eigenvalue weighted by Crippen LogP contribution is -2.34. The number of rotatable bonds is 4. The number of carbonyl (C=O) groups excluding carboxylic acids is 2. The van der Waals surface area contributed by atoms with Crippen LogP contribution in [0.25, 0.3) is 6.08 Å². The summed E-state index contributed by atoms with van der Waals surface area (Å²) in [5.41, 5.74) is 6.13. The van der Waals surface area contributed by atoms with Gasteiger partial charge in [0.05, 0.1) is 10.3 Å². The highest BCUT2D eigenvalue weighted by Crippen LogP contribution is 2.38. The topological polar surface area (TPSA) is 119 Å². The van der Waals surface area contributed by atoms with E-state index in [1.54, 1.807) is 0 Å². The van der Waals surface area contributed by atoms with E-state index >= 15 is 0 Å². The minimum atomic E-state index is -1.86. The van der Waals surface area contributed by atoms with Crippen LogP contribution in [0.3, 0.4) is 0 Å². The maximum absolute atomic E-state index is 12.1. The van der Waals surface area contributed by atoms with Crippen molar-refractivity contribution in [1.29, 1.82) is 0 Å². The number of ether oxygens (including phenoxy) is 1. The van der Waals surface area contributed by atoms with E-state index in [4.69, 9.17) is 26.2 Å². The van der Waals surface area contributed by atoms with Gasteiger partial charge in [-0.15, -0.1) is 0 Å². The number of benzene rings is 1. The molecule has 138 valence electrons. The number of nitrogen functional groups attached to an aromatic ring is 1. The second-order valence-corrected chi connectivity index (χ2v) is 7.65. The molecule has 1 aromatic carbocycles. The molecule has 8 nitrogen and oxygen atoms in total. The molecular weight excluding hydrogens is 446 g/mol. The molecular formula is C16H11B2BrN4O4S. The van der Waals surface area contributed by atoms with Crippen molar-refractivity contribution in [3.63, 3.8) is 0 Å². The molecule has 0 unspecified atom stereocenters. The molecule has 4 radical (unpaired) electrons. The van der Waals surface area contributed by atoms with Gasteiger partial charge in [-0.1, -0.05) is 15.9 Å². The Morgan fingerprint density at radius 2 is 1.96 bits per heavy atom. The number of thioether (sulfide) groups is 1. The van der Waals surface area contributed by atoms with Crippen molar-refractivity contribution in [2.24, 2.45) is 0 Å². The van der Waals surface area contributed by atoms with Gasteiger partial charge in [0.2, 0.25) is 5.95 Å². The molecule has 1 aliphatic rings. The number of anilines is 1. The summed E-state index contributed by atoms with van der Waals surface area (Å²) in [5.74, 6) is -0.682. The zero-order valence-corrected chi connectivity index (χ0v) is 16.8. The standard InChI is InChI=1S/C16H11B2BrN4O4S/c1-23-13(25)12(28-15(23)26)3-7-2-11(10(24)4-9(7)19)27-16(17,18)8-5-21-14(20)22-6-8/h2-6,24H,1H3,(H2,20,21,22)/b12-3-. The molecule has 0 spiro atoms. The number of hydrogen-bond donors (Lipinski definition) is 2. The van der Waals surface area contributed by atoms with E-state index in [-0.39, 0.29) is 33.2 Å². The Balaban J connectivity index is 1.95. The molecule has 1 saturated heterocycles. The Hall–Kier alpha value is -2.46. The number of imide groups is 1. The molecule has 2 heterocycles. The van der Waals surface area contributed by atoms with Gasteiger partial charge in [0.15, 0.2) is 11.5 Å². The van der Waals surface area contributed by atoms with Gasteiger partial charge in [-0.05, 0) is 35.5 Å². The largest absolute Gasteiger partial charge is 0.504 e. The molecule has 1 aliphatic heterocycles. The predicted octanol–water partition coefficient (Wildman–Crippen LogP) is 1.72. The molecule has 0 saturated carbocycles. The van der Waals surface area contributed by atoms with Crippen LogP contribution < -0.4 is 10.5 Å². The van der Waals surface area contributed by atoms with Gasteiger partial charge in [-0.2, -0.15) is 0 Å². The molecule has 3 N–H and O–H groups in total. The zero-order valence-electron chi connectivity index (χ0n) is 14.4. The second-order valence-electron chi connectivity index (χ2n) is 5.81. The van der Waals surface area contributed by atoms with Crippen LogP contribution in [0.15, 0.2) is 33.9 Å². The van der Waals surface area contributed by atoms with E-state index in [1.807, 2.05) is 0 Å².